The molecule has 0 amide bonds. The molecule has 2 aromatic carbocycles. The lowest BCUT2D eigenvalue weighted by atomic mass is 9.85. The number of ether oxygens (including phenoxy) is 1. The van der Waals surface area contributed by atoms with Gasteiger partial charge in [0.2, 0.25) is 10.0 Å². The number of alkyl halides is 3. The van der Waals surface area contributed by atoms with Crippen molar-refractivity contribution in [2.45, 2.75) is 37.5 Å². The number of halogens is 3. The standard InChI is InChI=1S/C25H31F3N2O3S/c1-29-15-23-22(14-18-5-4-6-19(13-18)25(26,27)28)20-7-2-3-8-21(20)24(23)33-12-11-30-34(31,32)16-17-9-10-17/h2-8,13,17,22-24,29-30H,9-12,14-16H2,1H3. The van der Waals surface area contributed by atoms with Crippen LogP contribution in [0.5, 0.6) is 0 Å². The van der Waals surface area contributed by atoms with Crippen molar-refractivity contribution in [3.63, 3.8) is 0 Å². The van der Waals surface area contributed by atoms with Crippen molar-refractivity contribution in [3.8, 4) is 0 Å². The Labute approximate surface area is 199 Å². The minimum absolute atomic E-state index is 0.0000130. The number of nitrogens with one attached hydrogen (secondary N) is 2. The highest BCUT2D eigenvalue weighted by atomic mass is 32.2. The van der Waals surface area contributed by atoms with E-state index in [0.29, 0.717) is 18.5 Å². The lowest BCUT2D eigenvalue weighted by Crippen LogP contribution is -2.32. The molecule has 186 valence electrons. The Bertz CT molecular complexity index is 1090. The molecule has 0 bridgehead atoms. The second-order valence-electron chi connectivity index (χ2n) is 9.27. The fourth-order valence-electron chi connectivity index (χ4n) is 4.91. The molecule has 34 heavy (non-hydrogen) atoms. The van der Waals surface area contributed by atoms with E-state index in [2.05, 4.69) is 10.0 Å². The molecule has 2 aromatic rings. The van der Waals surface area contributed by atoms with E-state index in [1.165, 1.54) is 12.1 Å². The van der Waals surface area contributed by atoms with E-state index < -0.39 is 21.8 Å². The zero-order valence-electron chi connectivity index (χ0n) is 19.1. The van der Waals surface area contributed by atoms with Crippen LogP contribution in [0.25, 0.3) is 0 Å². The SMILES string of the molecule is CNCC1C(Cc2cccc(C(F)(F)F)c2)c2ccccc2C1OCCNS(=O)(=O)CC1CC1. The molecule has 0 spiro atoms. The predicted octanol–water partition coefficient (Wildman–Crippen LogP) is 4.27. The smallest absolute Gasteiger partial charge is 0.372 e. The first-order chi connectivity index (χ1) is 16.2. The molecule has 0 heterocycles. The third-order valence-electron chi connectivity index (χ3n) is 6.63. The molecular formula is C25H31F3N2O3S. The highest BCUT2D eigenvalue weighted by molar-refractivity contribution is 7.89. The Hall–Kier alpha value is -1.94. The molecule has 1 saturated carbocycles. The Morgan fingerprint density at radius 2 is 1.79 bits per heavy atom. The van der Waals surface area contributed by atoms with Gasteiger partial charge in [-0.1, -0.05) is 42.5 Å². The number of benzene rings is 2. The van der Waals surface area contributed by atoms with Crippen molar-refractivity contribution in [1.82, 2.24) is 10.0 Å². The number of hydrogen-bond donors (Lipinski definition) is 2. The van der Waals surface area contributed by atoms with Gasteiger partial charge in [0.1, 0.15) is 0 Å². The van der Waals surface area contributed by atoms with E-state index in [0.717, 1.165) is 30.0 Å². The molecule has 0 saturated heterocycles. The normalized spacial score (nSPS) is 22.6. The largest absolute Gasteiger partial charge is 0.416 e. The number of rotatable bonds is 11. The summed E-state index contributed by atoms with van der Waals surface area (Å²) in [4.78, 5) is 0. The van der Waals surface area contributed by atoms with Gasteiger partial charge in [-0.05, 0) is 60.9 Å². The van der Waals surface area contributed by atoms with Crippen molar-refractivity contribution >= 4 is 10.0 Å². The van der Waals surface area contributed by atoms with Crippen LogP contribution in [0.2, 0.25) is 0 Å². The average Bonchev–Trinajstić information content (AvgIpc) is 3.54. The minimum atomic E-state index is -4.38. The first-order valence-corrected chi connectivity index (χ1v) is 13.3. The molecular weight excluding hydrogens is 465 g/mol. The summed E-state index contributed by atoms with van der Waals surface area (Å²) in [7, 11) is -1.46. The maximum absolute atomic E-state index is 13.2. The molecule has 2 aliphatic rings. The zero-order valence-corrected chi connectivity index (χ0v) is 20.0. The van der Waals surface area contributed by atoms with Gasteiger partial charge in [-0.25, -0.2) is 13.1 Å². The Balaban J connectivity index is 1.48. The summed E-state index contributed by atoms with van der Waals surface area (Å²) in [6.45, 7) is 1.04. The molecule has 0 radical (unpaired) electrons. The van der Waals surface area contributed by atoms with E-state index in [1.54, 1.807) is 6.07 Å². The fourth-order valence-corrected chi connectivity index (χ4v) is 6.37. The van der Waals surface area contributed by atoms with Gasteiger partial charge in [-0.3, -0.25) is 0 Å². The van der Waals surface area contributed by atoms with Crippen molar-refractivity contribution < 1.29 is 26.3 Å². The van der Waals surface area contributed by atoms with Gasteiger partial charge in [-0.15, -0.1) is 0 Å². The monoisotopic (exact) mass is 496 g/mol. The van der Waals surface area contributed by atoms with Gasteiger partial charge in [0.25, 0.3) is 0 Å². The summed E-state index contributed by atoms with van der Waals surface area (Å²) >= 11 is 0. The second-order valence-corrected chi connectivity index (χ2v) is 11.1. The van der Waals surface area contributed by atoms with Crippen molar-refractivity contribution in [1.29, 1.82) is 0 Å². The topological polar surface area (TPSA) is 67.4 Å². The van der Waals surface area contributed by atoms with Gasteiger partial charge < -0.3 is 10.1 Å². The molecule has 4 rings (SSSR count). The first-order valence-electron chi connectivity index (χ1n) is 11.7. The lowest BCUT2D eigenvalue weighted by molar-refractivity contribution is -0.137. The number of fused-ring (bicyclic) bond motifs is 1. The van der Waals surface area contributed by atoms with Gasteiger partial charge in [0.05, 0.1) is 24.0 Å². The van der Waals surface area contributed by atoms with Crippen LogP contribution in [0.3, 0.4) is 0 Å². The Morgan fingerprint density at radius 1 is 1.06 bits per heavy atom. The molecule has 5 nitrogen and oxygen atoms in total. The summed E-state index contributed by atoms with van der Waals surface area (Å²) in [5, 5.41) is 3.20. The van der Waals surface area contributed by atoms with E-state index in [9.17, 15) is 21.6 Å². The molecule has 2 N–H and O–H groups in total. The van der Waals surface area contributed by atoms with Crippen LogP contribution >= 0.6 is 0 Å². The summed E-state index contributed by atoms with van der Waals surface area (Å²) in [5.41, 5.74) is 2.07. The van der Waals surface area contributed by atoms with Crippen LogP contribution in [0.15, 0.2) is 48.5 Å². The van der Waals surface area contributed by atoms with E-state index in [4.69, 9.17) is 4.74 Å². The quantitative estimate of drug-likeness (QED) is 0.456. The average molecular weight is 497 g/mol. The summed E-state index contributed by atoms with van der Waals surface area (Å²) < 4.78 is 72.8. The third kappa shape index (κ3) is 6.19. The number of hydrogen-bond acceptors (Lipinski definition) is 4. The fraction of sp³-hybridized carbons (Fsp3) is 0.520. The molecule has 1 fully saturated rings. The molecule has 2 aliphatic carbocycles. The van der Waals surface area contributed by atoms with Crippen LogP contribution in [-0.4, -0.2) is 40.9 Å². The van der Waals surface area contributed by atoms with Crippen LogP contribution in [0.1, 0.15) is 47.1 Å². The molecule has 3 unspecified atom stereocenters. The molecule has 3 atom stereocenters. The summed E-state index contributed by atoms with van der Waals surface area (Å²) in [6.07, 6.45) is -2.26. The van der Waals surface area contributed by atoms with Gasteiger partial charge in [0.15, 0.2) is 0 Å². The maximum Gasteiger partial charge on any atom is 0.416 e. The van der Waals surface area contributed by atoms with E-state index >= 15 is 0 Å². The van der Waals surface area contributed by atoms with Crippen LogP contribution in [0, 0.1) is 11.8 Å². The Morgan fingerprint density at radius 3 is 2.47 bits per heavy atom. The zero-order chi connectivity index (χ0) is 24.3. The first kappa shape index (κ1) is 25.2. The highest BCUT2D eigenvalue weighted by Crippen LogP contribution is 2.48. The van der Waals surface area contributed by atoms with Gasteiger partial charge in [-0.2, -0.15) is 13.2 Å². The third-order valence-corrected chi connectivity index (χ3v) is 8.19. The van der Waals surface area contributed by atoms with Crippen molar-refractivity contribution in [3.05, 3.63) is 70.8 Å². The highest BCUT2D eigenvalue weighted by Gasteiger charge is 2.41. The molecule has 0 aliphatic heterocycles. The lowest BCUT2D eigenvalue weighted by Gasteiger charge is -2.26. The van der Waals surface area contributed by atoms with Gasteiger partial charge in [0, 0.05) is 19.0 Å². The van der Waals surface area contributed by atoms with Crippen LogP contribution in [0.4, 0.5) is 13.2 Å². The predicted molar refractivity (Wildman–Crippen MR) is 125 cm³/mol. The van der Waals surface area contributed by atoms with Crippen molar-refractivity contribution in [2.75, 3.05) is 32.5 Å². The van der Waals surface area contributed by atoms with E-state index in [1.807, 2.05) is 31.3 Å². The number of sulfonamides is 1. The summed E-state index contributed by atoms with van der Waals surface area (Å²) in [6, 6.07) is 13.4. The van der Waals surface area contributed by atoms with Gasteiger partial charge >= 0.3 is 6.18 Å². The maximum atomic E-state index is 13.2. The Kier molecular flexibility index (Phi) is 7.66. The molecule has 9 heteroatoms. The van der Waals surface area contributed by atoms with Crippen LogP contribution < -0.4 is 10.0 Å². The molecule has 0 aromatic heterocycles. The summed E-state index contributed by atoms with van der Waals surface area (Å²) in [5.74, 6) is 0.418. The van der Waals surface area contributed by atoms with E-state index in [-0.39, 0.29) is 42.8 Å². The van der Waals surface area contributed by atoms with Crippen molar-refractivity contribution in [2.24, 2.45) is 11.8 Å². The minimum Gasteiger partial charge on any atom is -0.372 e. The second kappa shape index (κ2) is 10.4. The van der Waals surface area contributed by atoms with Crippen LogP contribution in [-0.2, 0) is 27.4 Å².